The van der Waals surface area contributed by atoms with Gasteiger partial charge >= 0.3 is 18.2 Å². The van der Waals surface area contributed by atoms with Crippen LogP contribution in [0.5, 0.6) is 5.75 Å². The van der Waals surface area contributed by atoms with Crippen molar-refractivity contribution in [2.45, 2.75) is 50.9 Å². The summed E-state index contributed by atoms with van der Waals surface area (Å²) in [6, 6.07) is 10.4. The number of carboxylic acid groups (broad SMARTS) is 1. The number of imidazole rings is 1. The first-order valence-electron chi connectivity index (χ1n) is 20.8. The van der Waals surface area contributed by atoms with E-state index >= 15 is 0 Å². The summed E-state index contributed by atoms with van der Waals surface area (Å²) in [4.78, 5) is 65.3. The Labute approximate surface area is 370 Å². The number of piperazine rings is 1. The van der Waals surface area contributed by atoms with Gasteiger partial charge in [0.15, 0.2) is 17.4 Å². The van der Waals surface area contributed by atoms with Crippen molar-refractivity contribution in [1.29, 1.82) is 0 Å². The first kappa shape index (κ1) is 45.3. The quantitative estimate of drug-likeness (QED) is 0.100. The standard InChI is InChI=1S/C41H40F3N11O4.C2HF3O2/c42-31-17-30(36(43)37(44)38(31)57)39(58)46-18-24-1-5-29(6-2-24)55-23-27-4-3-26(16-32(27)50-55)28-19-47-40(48-20-28)52-13-11-51(12-14-52)22-25-7-9-53-33(15-25)45-21-35(53)54-10-8-34(56)49-41(54)59;3-2(4,5)1(6)7/h3-4,7,9,15-17,19-21,23-24,29,57H,1-2,5-6,8,10-14,18,22H2,(H,46,58)(H,49,56,59);(H,6,7). The number of hydrogen-bond acceptors (Lipinski definition) is 11. The molecule has 346 valence electrons. The number of carbonyl (C=O) groups is 4. The molecule has 66 heavy (non-hydrogen) atoms. The number of phenols is 1. The van der Waals surface area contributed by atoms with Crippen LogP contribution in [0.2, 0.25) is 0 Å². The predicted octanol–water partition coefficient (Wildman–Crippen LogP) is 5.83. The van der Waals surface area contributed by atoms with E-state index in [0.717, 1.165) is 91.6 Å². The lowest BCUT2D eigenvalue weighted by Gasteiger charge is -2.34. The molecule has 4 amide bonds. The third kappa shape index (κ3) is 9.84. The molecule has 0 unspecified atom stereocenters. The monoisotopic (exact) mass is 921 g/mol. The highest BCUT2D eigenvalue weighted by atomic mass is 19.4. The fourth-order valence-electron chi connectivity index (χ4n) is 8.19. The number of benzene rings is 2. The molecule has 6 aromatic rings. The molecule has 0 atom stereocenters. The Balaban J connectivity index is 0.000000785. The summed E-state index contributed by atoms with van der Waals surface area (Å²) in [5.41, 5.74) is 3.76. The number of urea groups is 1. The SMILES string of the molecule is O=C(O)C(F)(F)F.O=C1CCN(c2cnc3cc(CN4CCN(c5ncc(-c6ccc7cn(C8CCC(CNC(=O)c9cc(F)c(O)c(F)c9F)CC8)nc7c6)cn5)CC4)ccn23)C(=O)N1. The number of pyridine rings is 1. The van der Waals surface area contributed by atoms with Gasteiger partial charge in [-0.3, -0.25) is 33.8 Å². The van der Waals surface area contributed by atoms with Crippen molar-refractivity contribution >= 4 is 52.1 Å². The van der Waals surface area contributed by atoms with Gasteiger partial charge in [0.1, 0.15) is 11.5 Å². The average molecular weight is 922 g/mol. The molecule has 0 bridgehead atoms. The molecule has 1 aliphatic carbocycles. The smallest absolute Gasteiger partial charge is 0.490 e. The van der Waals surface area contributed by atoms with Crippen LogP contribution >= 0.6 is 0 Å². The molecule has 2 aliphatic heterocycles. The van der Waals surface area contributed by atoms with Crippen LogP contribution in [0.15, 0.2) is 67.4 Å². The van der Waals surface area contributed by atoms with Gasteiger partial charge in [0.05, 0.1) is 23.3 Å². The van der Waals surface area contributed by atoms with Gasteiger partial charge in [-0.2, -0.15) is 22.7 Å². The Hall–Kier alpha value is -7.30. The van der Waals surface area contributed by atoms with E-state index in [1.54, 1.807) is 6.20 Å². The molecular weight excluding hydrogens is 881 g/mol. The number of aromatic hydroxyl groups is 1. The first-order chi connectivity index (χ1) is 31.5. The lowest BCUT2D eigenvalue weighted by atomic mass is 9.86. The third-order valence-corrected chi connectivity index (χ3v) is 11.8. The molecule has 23 heteroatoms. The Bertz CT molecular complexity index is 2800. The largest absolute Gasteiger partial charge is 0.503 e. The number of aliphatic carboxylic acids is 1. The summed E-state index contributed by atoms with van der Waals surface area (Å²) in [6.45, 7) is 4.53. The number of aromatic nitrogens is 6. The first-order valence-corrected chi connectivity index (χ1v) is 20.8. The number of nitrogens with one attached hydrogen (secondary N) is 2. The van der Waals surface area contributed by atoms with Gasteiger partial charge in [-0.25, -0.2) is 33.3 Å². The number of carboxylic acids is 1. The number of fused-ring (bicyclic) bond motifs is 2. The number of carbonyl (C=O) groups excluding carboxylic acids is 3. The molecule has 1 saturated carbocycles. The molecule has 0 radical (unpaired) electrons. The number of rotatable bonds is 9. The summed E-state index contributed by atoms with van der Waals surface area (Å²) in [7, 11) is 0. The molecule has 3 aliphatic rings. The van der Waals surface area contributed by atoms with Gasteiger partial charge in [-0.15, -0.1) is 0 Å². The number of hydrogen-bond donors (Lipinski definition) is 4. The second-order valence-electron chi connectivity index (χ2n) is 16.1. The summed E-state index contributed by atoms with van der Waals surface area (Å²) >= 11 is 0. The van der Waals surface area contributed by atoms with Gasteiger partial charge in [0, 0.05) is 88.0 Å². The molecule has 6 heterocycles. The number of imide groups is 1. The van der Waals surface area contributed by atoms with Crippen molar-refractivity contribution < 1.29 is 55.7 Å². The minimum absolute atomic E-state index is 0.112. The van der Waals surface area contributed by atoms with Crippen LogP contribution < -0.4 is 20.4 Å². The summed E-state index contributed by atoms with van der Waals surface area (Å²) in [6.07, 6.45) is 7.65. The van der Waals surface area contributed by atoms with E-state index in [1.807, 2.05) is 64.2 Å². The maximum Gasteiger partial charge on any atom is 0.490 e. The fraction of sp³-hybridized carbons (Fsp3) is 0.349. The van der Waals surface area contributed by atoms with E-state index in [1.165, 1.54) is 4.90 Å². The van der Waals surface area contributed by atoms with Crippen LogP contribution in [0, 0.1) is 23.4 Å². The molecule has 2 saturated heterocycles. The highest BCUT2D eigenvalue weighted by Gasteiger charge is 2.38. The molecular formula is C43H41F6N11O6. The number of alkyl halides is 3. The van der Waals surface area contributed by atoms with E-state index in [-0.39, 0.29) is 30.8 Å². The maximum absolute atomic E-state index is 14.1. The normalized spacial score (nSPS) is 18.3. The number of amides is 4. The minimum atomic E-state index is -5.08. The van der Waals surface area contributed by atoms with Crippen LogP contribution in [0.3, 0.4) is 0 Å². The number of nitrogens with zero attached hydrogens (tertiary/aromatic N) is 9. The molecule has 3 fully saturated rings. The van der Waals surface area contributed by atoms with E-state index < -0.39 is 52.8 Å². The Morgan fingerprint density at radius 1 is 0.864 bits per heavy atom. The van der Waals surface area contributed by atoms with Crippen molar-refractivity contribution in [3.8, 4) is 16.9 Å². The van der Waals surface area contributed by atoms with E-state index in [0.29, 0.717) is 24.4 Å². The highest BCUT2D eigenvalue weighted by Crippen LogP contribution is 2.34. The average Bonchev–Trinajstić information content (AvgIpc) is 3.93. The van der Waals surface area contributed by atoms with Gasteiger partial charge in [-0.05, 0) is 67.0 Å². The molecule has 9 rings (SSSR count). The van der Waals surface area contributed by atoms with Crippen molar-refractivity contribution in [2.24, 2.45) is 5.92 Å². The van der Waals surface area contributed by atoms with Crippen molar-refractivity contribution in [2.75, 3.05) is 49.1 Å². The number of halogens is 6. The van der Waals surface area contributed by atoms with Crippen molar-refractivity contribution in [1.82, 2.24) is 44.7 Å². The van der Waals surface area contributed by atoms with Crippen LogP contribution in [0.25, 0.3) is 27.7 Å². The second kappa shape index (κ2) is 18.7. The third-order valence-electron chi connectivity index (χ3n) is 11.8. The molecule has 2 aromatic carbocycles. The predicted molar refractivity (Wildman–Crippen MR) is 224 cm³/mol. The van der Waals surface area contributed by atoms with Gasteiger partial charge in [-0.1, -0.05) is 12.1 Å². The van der Waals surface area contributed by atoms with Crippen molar-refractivity contribution in [3.63, 3.8) is 0 Å². The van der Waals surface area contributed by atoms with Gasteiger partial charge in [0.2, 0.25) is 17.7 Å². The Kier molecular flexibility index (Phi) is 12.8. The Morgan fingerprint density at radius 3 is 2.26 bits per heavy atom. The van der Waals surface area contributed by atoms with Gasteiger partial charge < -0.3 is 20.4 Å². The zero-order valence-corrected chi connectivity index (χ0v) is 34.8. The molecule has 17 nitrogen and oxygen atoms in total. The van der Waals surface area contributed by atoms with E-state index in [2.05, 4.69) is 25.4 Å². The molecule has 4 aromatic heterocycles. The number of phenolic OH excluding ortho intramolecular Hbond substituents is 1. The second-order valence-corrected chi connectivity index (χ2v) is 16.1. The van der Waals surface area contributed by atoms with E-state index in [4.69, 9.17) is 25.0 Å². The van der Waals surface area contributed by atoms with E-state index in [9.17, 15) is 45.8 Å². The van der Waals surface area contributed by atoms with Crippen LogP contribution in [-0.2, 0) is 16.1 Å². The zero-order valence-electron chi connectivity index (χ0n) is 34.8. The van der Waals surface area contributed by atoms with Crippen LogP contribution in [-0.4, -0.2) is 114 Å². The minimum Gasteiger partial charge on any atom is -0.503 e. The summed E-state index contributed by atoms with van der Waals surface area (Å²) < 4.78 is 77.2. The Morgan fingerprint density at radius 2 is 1.58 bits per heavy atom. The zero-order chi connectivity index (χ0) is 46.9. The van der Waals surface area contributed by atoms with Crippen LogP contribution in [0.4, 0.5) is 42.9 Å². The fourth-order valence-corrected chi connectivity index (χ4v) is 8.19. The lowest BCUT2D eigenvalue weighted by Crippen LogP contribution is -2.50. The topological polar surface area (TPSA) is 203 Å². The van der Waals surface area contributed by atoms with Crippen molar-refractivity contribution in [3.05, 3.63) is 96.0 Å². The highest BCUT2D eigenvalue weighted by molar-refractivity contribution is 6.05. The van der Waals surface area contributed by atoms with Gasteiger partial charge in [0.25, 0.3) is 5.91 Å². The summed E-state index contributed by atoms with van der Waals surface area (Å²) in [5.74, 6) is -8.76. The molecule has 4 N–H and O–H groups in total. The lowest BCUT2D eigenvalue weighted by molar-refractivity contribution is -0.192. The number of anilines is 2. The maximum atomic E-state index is 14.1. The van der Waals surface area contributed by atoms with Crippen LogP contribution in [0.1, 0.15) is 54.1 Å². The summed E-state index contributed by atoms with van der Waals surface area (Å²) in [5, 5.41) is 27.2. The molecule has 0 spiro atoms.